The minimum absolute atomic E-state index is 0.111. The monoisotopic (exact) mass is 305 g/mol. The van der Waals surface area contributed by atoms with Crippen LogP contribution < -0.4 is 0 Å². The van der Waals surface area contributed by atoms with E-state index in [9.17, 15) is 4.79 Å². The van der Waals surface area contributed by atoms with Crippen molar-refractivity contribution in [2.75, 3.05) is 26.2 Å². The largest absolute Gasteiger partial charge is 0.481 e. The van der Waals surface area contributed by atoms with Crippen LogP contribution >= 0.6 is 7.26 Å². The molecule has 1 atom stereocenters. The second-order valence-corrected chi connectivity index (χ2v) is 11.7. The molecule has 0 aliphatic carbocycles. The Morgan fingerprint density at radius 1 is 0.950 bits per heavy atom. The summed E-state index contributed by atoms with van der Waals surface area (Å²) < 4.78 is 0. The predicted octanol–water partition coefficient (Wildman–Crippen LogP) is 5.76. The molecule has 0 aliphatic heterocycles. The lowest BCUT2D eigenvalue weighted by Gasteiger charge is -2.10. The molecule has 0 aromatic carbocycles. The van der Waals surface area contributed by atoms with Crippen molar-refractivity contribution in [2.45, 2.75) is 72.1 Å². The van der Waals surface area contributed by atoms with Crippen LogP contribution in [0.25, 0.3) is 0 Å². The Hall–Kier alpha value is -0.100. The fourth-order valence-corrected chi connectivity index (χ4v) is 3.14. The van der Waals surface area contributed by atoms with Gasteiger partial charge < -0.3 is 5.11 Å². The predicted molar refractivity (Wildman–Crippen MR) is 94.6 cm³/mol. The Labute approximate surface area is 128 Å². The van der Waals surface area contributed by atoms with E-state index in [1.54, 1.807) is 0 Å². The molecule has 0 amide bonds. The van der Waals surface area contributed by atoms with E-state index >= 15 is 0 Å². The summed E-state index contributed by atoms with van der Waals surface area (Å²) in [6, 6.07) is 0. The molecule has 1 unspecified atom stereocenters. The first-order valence-corrected chi connectivity index (χ1v) is 11.6. The first-order chi connectivity index (χ1) is 9.28. The van der Waals surface area contributed by atoms with Crippen molar-refractivity contribution in [3.05, 3.63) is 0 Å². The smallest absolute Gasteiger partial charge is 0.306 e. The lowest BCUT2D eigenvalue weighted by atomic mass is 10.00. The fraction of sp³-hybridized carbons (Fsp3) is 0.941. The molecule has 0 aliphatic rings. The molecule has 0 saturated carbocycles. The van der Waals surface area contributed by atoms with Gasteiger partial charge in [0.2, 0.25) is 0 Å². The van der Waals surface area contributed by atoms with Crippen molar-refractivity contribution in [3.8, 4) is 0 Å². The van der Waals surface area contributed by atoms with Crippen LogP contribution in [0.3, 0.4) is 0 Å². The van der Waals surface area contributed by atoms with Gasteiger partial charge in [-0.3, -0.25) is 4.79 Å². The van der Waals surface area contributed by atoms with E-state index in [-0.39, 0.29) is 5.92 Å². The normalized spacial score (nSPS) is 12.5. The number of unbranched alkanes of at least 4 members (excludes halogenated alkanes) is 4. The summed E-state index contributed by atoms with van der Waals surface area (Å²) in [5.41, 5.74) is 0. The molecule has 0 rings (SSSR count). The van der Waals surface area contributed by atoms with Crippen LogP contribution in [0.4, 0.5) is 0 Å². The third-order valence-electron chi connectivity index (χ3n) is 3.43. The van der Waals surface area contributed by atoms with Gasteiger partial charge in [-0.25, -0.2) is 0 Å². The van der Waals surface area contributed by atoms with Crippen LogP contribution in [0.1, 0.15) is 72.1 Å². The average molecular weight is 305 g/mol. The van der Waals surface area contributed by atoms with Crippen LogP contribution in [0.5, 0.6) is 0 Å². The van der Waals surface area contributed by atoms with Gasteiger partial charge in [-0.1, -0.05) is 46.5 Å². The van der Waals surface area contributed by atoms with E-state index in [0.717, 1.165) is 25.7 Å². The van der Waals surface area contributed by atoms with Crippen LogP contribution in [0, 0.1) is 5.92 Å². The first kappa shape index (κ1) is 22.2. The average Bonchev–Trinajstić information content (AvgIpc) is 2.35. The second kappa shape index (κ2) is 13.9. The zero-order valence-corrected chi connectivity index (χ0v) is 15.6. The Morgan fingerprint density at radius 3 is 1.85 bits per heavy atom. The molecule has 0 radical (unpaired) electrons. The van der Waals surface area contributed by atoms with Crippen molar-refractivity contribution in [1.29, 1.82) is 0 Å². The van der Waals surface area contributed by atoms with Gasteiger partial charge in [-0.05, 0) is 25.7 Å². The van der Waals surface area contributed by atoms with Gasteiger partial charge in [0.15, 0.2) is 0 Å². The van der Waals surface area contributed by atoms with Gasteiger partial charge in [-0.15, -0.1) is 0 Å². The lowest BCUT2D eigenvalue weighted by Crippen LogP contribution is -2.11. The highest BCUT2D eigenvalue weighted by Gasteiger charge is 2.15. The molecule has 1 N–H and O–H groups in total. The minimum Gasteiger partial charge on any atom is -0.481 e. The Kier molecular flexibility index (Phi) is 15.4. The first-order valence-electron chi connectivity index (χ1n) is 8.31. The maximum Gasteiger partial charge on any atom is 0.306 e. The summed E-state index contributed by atoms with van der Waals surface area (Å²) in [6.07, 6.45) is 10.9. The highest BCUT2D eigenvalue weighted by atomic mass is 31.2. The van der Waals surface area contributed by atoms with Crippen LogP contribution in [-0.2, 0) is 4.79 Å². The van der Waals surface area contributed by atoms with Gasteiger partial charge in [-0.2, -0.15) is 0 Å². The van der Waals surface area contributed by atoms with Gasteiger partial charge in [0.05, 0.1) is 12.1 Å². The number of carbonyl (C=O) groups is 1. The number of aliphatic carboxylic acids is 1. The molecule has 0 aromatic heterocycles. The summed E-state index contributed by atoms with van der Waals surface area (Å²) >= 11 is 0. The molecule has 0 fully saturated rings. The van der Waals surface area contributed by atoms with Crippen molar-refractivity contribution >= 4 is 13.2 Å². The SMILES string of the molecule is CCCCC(CC)C(=O)O.CCCCCC[P+](C)(C)C. The molecule has 0 saturated heterocycles. The highest BCUT2D eigenvalue weighted by molar-refractivity contribution is 7.73. The van der Waals surface area contributed by atoms with E-state index in [2.05, 4.69) is 33.8 Å². The maximum absolute atomic E-state index is 10.4. The zero-order valence-electron chi connectivity index (χ0n) is 14.7. The third-order valence-corrected chi connectivity index (χ3v) is 5.09. The summed E-state index contributed by atoms with van der Waals surface area (Å²) in [6.45, 7) is 13.6. The van der Waals surface area contributed by atoms with Crippen molar-refractivity contribution in [3.63, 3.8) is 0 Å². The van der Waals surface area contributed by atoms with Crippen molar-refractivity contribution in [1.82, 2.24) is 0 Å². The molecule has 20 heavy (non-hydrogen) atoms. The van der Waals surface area contributed by atoms with Crippen LogP contribution in [0.2, 0.25) is 0 Å². The summed E-state index contributed by atoms with van der Waals surface area (Å²) in [5.74, 6) is -0.754. The van der Waals surface area contributed by atoms with Crippen LogP contribution in [-0.4, -0.2) is 37.2 Å². The van der Waals surface area contributed by atoms with E-state index in [1.807, 2.05) is 6.92 Å². The quantitative estimate of drug-likeness (QED) is 0.411. The topological polar surface area (TPSA) is 37.3 Å². The molecule has 2 nitrogen and oxygen atoms in total. The number of carboxylic acids is 1. The summed E-state index contributed by atoms with van der Waals surface area (Å²) in [7, 11) is -0.456. The molecule has 122 valence electrons. The van der Waals surface area contributed by atoms with E-state index in [1.165, 1.54) is 31.8 Å². The highest BCUT2D eigenvalue weighted by Crippen LogP contribution is 2.47. The lowest BCUT2D eigenvalue weighted by molar-refractivity contribution is -0.142. The van der Waals surface area contributed by atoms with Crippen LogP contribution in [0.15, 0.2) is 0 Å². The zero-order chi connectivity index (χ0) is 16.0. The van der Waals surface area contributed by atoms with Gasteiger partial charge in [0.25, 0.3) is 0 Å². The standard InChI is InChI=1S/C9H22P.C8H16O2/c1-5-6-7-8-9-10(2,3)4;1-3-5-6-7(4-2)8(9)10/h5-9H2,1-4H3;7H,3-6H2,1-2H3,(H,9,10)/q+1;. The molecule has 0 aromatic rings. The number of carboxylic acid groups (broad SMARTS) is 1. The Morgan fingerprint density at radius 2 is 1.50 bits per heavy atom. The van der Waals surface area contributed by atoms with Gasteiger partial charge >= 0.3 is 5.97 Å². The Balaban J connectivity index is 0. The summed E-state index contributed by atoms with van der Waals surface area (Å²) in [4.78, 5) is 10.4. The van der Waals surface area contributed by atoms with E-state index in [0.29, 0.717) is 0 Å². The second-order valence-electron chi connectivity index (χ2n) is 6.66. The summed E-state index contributed by atoms with van der Waals surface area (Å²) in [5, 5.41) is 8.60. The third kappa shape index (κ3) is 17.9. The molecule has 0 spiro atoms. The van der Waals surface area contributed by atoms with Gasteiger partial charge in [0.1, 0.15) is 0 Å². The molecule has 0 heterocycles. The fourth-order valence-electron chi connectivity index (χ4n) is 1.97. The Bertz CT molecular complexity index is 222. The van der Waals surface area contributed by atoms with Crippen molar-refractivity contribution < 1.29 is 9.90 Å². The maximum atomic E-state index is 10.4. The van der Waals surface area contributed by atoms with Crippen molar-refractivity contribution in [2.24, 2.45) is 5.92 Å². The number of rotatable bonds is 10. The number of hydrogen-bond acceptors (Lipinski definition) is 1. The molecular weight excluding hydrogens is 267 g/mol. The molecule has 3 heteroatoms. The van der Waals surface area contributed by atoms with Gasteiger partial charge in [0, 0.05) is 27.3 Å². The number of hydrogen-bond donors (Lipinski definition) is 1. The van der Waals surface area contributed by atoms with E-state index in [4.69, 9.17) is 5.11 Å². The minimum atomic E-state index is -0.643. The van der Waals surface area contributed by atoms with E-state index < -0.39 is 13.2 Å². The molecule has 0 bridgehead atoms. The molecular formula is C17H38O2P+.